The smallest absolute Gasteiger partial charge is 0.340 e. The predicted octanol–water partition coefficient (Wildman–Crippen LogP) is 1.30. The van der Waals surface area contributed by atoms with Gasteiger partial charge in [0.05, 0.1) is 17.5 Å². The number of nitrogens with zero attached hydrogens (tertiary/aromatic N) is 2. The number of ether oxygens (including phenoxy) is 1. The zero-order valence-corrected chi connectivity index (χ0v) is 8.18. The Balaban J connectivity index is 1.98. The lowest BCUT2D eigenvalue weighted by molar-refractivity contribution is 0.0466. The molecule has 0 amide bonds. The Bertz CT molecular complexity index is 485. The van der Waals surface area contributed by atoms with Gasteiger partial charge in [-0.1, -0.05) is 0 Å². The van der Waals surface area contributed by atoms with Gasteiger partial charge in [-0.3, -0.25) is 10.1 Å². The van der Waals surface area contributed by atoms with E-state index in [0.29, 0.717) is 5.69 Å². The van der Waals surface area contributed by atoms with E-state index in [2.05, 4.69) is 15.2 Å². The first-order valence-electron chi connectivity index (χ1n) is 4.51. The second kappa shape index (κ2) is 4.52. The largest absolute Gasteiger partial charge is 0.456 e. The molecule has 0 radical (unpaired) electrons. The number of hydrogen-bond acceptors (Lipinski definition) is 4. The van der Waals surface area contributed by atoms with E-state index in [1.807, 2.05) is 0 Å². The molecule has 0 aliphatic heterocycles. The fourth-order valence-corrected chi connectivity index (χ4v) is 1.12. The van der Waals surface area contributed by atoms with Crippen molar-refractivity contribution < 1.29 is 13.9 Å². The van der Waals surface area contributed by atoms with E-state index in [1.165, 1.54) is 6.20 Å². The number of pyridine rings is 1. The lowest BCUT2D eigenvalue weighted by Crippen LogP contribution is -2.06. The molecule has 0 saturated heterocycles. The lowest BCUT2D eigenvalue weighted by atomic mass is 10.3. The molecule has 2 aromatic rings. The average Bonchev–Trinajstić information content (AvgIpc) is 2.78. The van der Waals surface area contributed by atoms with Crippen molar-refractivity contribution in [2.45, 2.75) is 6.61 Å². The Hall–Kier alpha value is -2.24. The van der Waals surface area contributed by atoms with Crippen molar-refractivity contribution in [2.75, 3.05) is 0 Å². The molecule has 5 nitrogen and oxygen atoms in total. The van der Waals surface area contributed by atoms with Gasteiger partial charge in [0.25, 0.3) is 0 Å². The fourth-order valence-electron chi connectivity index (χ4n) is 1.12. The lowest BCUT2D eigenvalue weighted by Gasteiger charge is -2.02. The summed E-state index contributed by atoms with van der Waals surface area (Å²) < 4.78 is 17.7. The van der Waals surface area contributed by atoms with Gasteiger partial charge in [-0.2, -0.15) is 5.10 Å². The van der Waals surface area contributed by atoms with Gasteiger partial charge in [0.2, 0.25) is 0 Å². The SMILES string of the molecule is O=C(OCc1ccn[nH]1)c1cncc(F)c1. The van der Waals surface area contributed by atoms with E-state index >= 15 is 0 Å². The van der Waals surface area contributed by atoms with E-state index < -0.39 is 11.8 Å². The fraction of sp³-hybridized carbons (Fsp3) is 0.100. The monoisotopic (exact) mass is 221 g/mol. The van der Waals surface area contributed by atoms with Crippen molar-refractivity contribution in [3.63, 3.8) is 0 Å². The first kappa shape index (κ1) is 10.3. The van der Waals surface area contributed by atoms with Crippen LogP contribution in [0, 0.1) is 5.82 Å². The molecule has 0 unspecified atom stereocenters. The standard InChI is InChI=1S/C10H8FN3O2/c11-8-3-7(4-12-5-8)10(15)16-6-9-1-2-13-14-9/h1-5H,6H2,(H,13,14). The van der Waals surface area contributed by atoms with Crippen LogP contribution in [0.2, 0.25) is 0 Å². The molecule has 0 spiro atoms. The van der Waals surface area contributed by atoms with E-state index in [-0.39, 0.29) is 12.2 Å². The van der Waals surface area contributed by atoms with Crippen molar-refractivity contribution in [2.24, 2.45) is 0 Å². The second-order valence-corrected chi connectivity index (χ2v) is 3.05. The molecule has 1 N–H and O–H groups in total. The van der Waals surface area contributed by atoms with Crippen LogP contribution in [-0.2, 0) is 11.3 Å². The summed E-state index contributed by atoms with van der Waals surface area (Å²) in [5.74, 6) is -1.20. The van der Waals surface area contributed by atoms with E-state index in [1.54, 1.807) is 12.3 Å². The molecule has 2 aromatic heterocycles. The van der Waals surface area contributed by atoms with Crippen LogP contribution in [0.15, 0.2) is 30.7 Å². The third kappa shape index (κ3) is 2.41. The summed E-state index contributed by atoms with van der Waals surface area (Å²) in [4.78, 5) is 15.0. The summed E-state index contributed by atoms with van der Waals surface area (Å²) in [5.41, 5.74) is 0.747. The van der Waals surface area contributed by atoms with E-state index in [0.717, 1.165) is 12.3 Å². The zero-order chi connectivity index (χ0) is 11.4. The number of H-pyrrole nitrogens is 1. The van der Waals surface area contributed by atoms with Crippen LogP contribution in [-0.4, -0.2) is 21.2 Å². The highest BCUT2D eigenvalue weighted by Gasteiger charge is 2.09. The number of carbonyl (C=O) groups is 1. The van der Waals surface area contributed by atoms with Gasteiger partial charge in [-0.15, -0.1) is 0 Å². The maximum absolute atomic E-state index is 12.8. The van der Waals surface area contributed by atoms with Gasteiger partial charge in [0.1, 0.15) is 12.4 Å². The number of rotatable bonds is 3. The molecule has 0 atom stereocenters. The molecule has 6 heteroatoms. The highest BCUT2D eigenvalue weighted by molar-refractivity contribution is 5.88. The molecule has 0 aliphatic carbocycles. The van der Waals surface area contributed by atoms with Crippen molar-refractivity contribution in [3.05, 3.63) is 47.8 Å². The minimum absolute atomic E-state index is 0.0648. The van der Waals surface area contributed by atoms with Gasteiger partial charge >= 0.3 is 5.97 Å². The number of aromatic amines is 1. The number of hydrogen-bond donors (Lipinski definition) is 1. The van der Waals surface area contributed by atoms with Crippen LogP contribution in [0.4, 0.5) is 4.39 Å². The summed E-state index contributed by atoms with van der Waals surface area (Å²) in [6.07, 6.45) is 3.82. The molecule has 82 valence electrons. The predicted molar refractivity (Wildman–Crippen MR) is 51.9 cm³/mol. The minimum Gasteiger partial charge on any atom is -0.456 e. The van der Waals surface area contributed by atoms with Crippen molar-refractivity contribution in [1.82, 2.24) is 15.2 Å². The Kier molecular flexibility index (Phi) is 2.90. The Labute approximate surface area is 90.3 Å². The number of nitrogens with one attached hydrogen (secondary N) is 1. The molecular formula is C10H8FN3O2. The topological polar surface area (TPSA) is 67.9 Å². The van der Waals surface area contributed by atoms with Crippen molar-refractivity contribution >= 4 is 5.97 Å². The average molecular weight is 221 g/mol. The number of carbonyl (C=O) groups excluding carboxylic acids is 1. The molecule has 0 saturated carbocycles. The van der Waals surface area contributed by atoms with Crippen molar-refractivity contribution in [3.8, 4) is 0 Å². The van der Waals surface area contributed by atoms with E-state index in [4.69, 9.17) is 4.74 Å². The quantitative estimate of drug-likeness (QED) is 0.793. The van der Waals surface area contributed by atoms with Crippen LogP contribution in [0.25, 0.3) is 0 Å². The Morgan fingerprint density at radius 3 is 3.06 bits per heavy atom. The molecule has 0 aromatic carbocycles. The summed E-state index contributed by atoms with van der Waals surface area (Å²) in [6, 6.07) is 2.75. The molecule has 2 heterocycles. The normalized spacial score (nSPS) is 10.1. The van der Waals surface area contributed by atoms with Crippen LogP contribution >= 0.6 is 0 Å². The van der Waals surface area contributed by atoms with Crippen molar-refractivity contribution in [1.29, 1.82) is 0 Å². The highest BCUT2D eigenvalue weighted by Crippen LogP contribution is 2.04. The maximum Gasteiger partial charge on any atom is 0.340 e. The zero-order valence-electron chi connectivity index (χ0n) is 8.18. The third-order valence-electron chi connectivity index (χ3n) is 1.86. The molecule has 16 heavy (non-hydrogen) atoms. The van der Waals surface area contributed by atoms with Crippen LogP contribution in [0.1, 0.15) is 16.1 Å². The van der Waals surface area contributed by atoms with Gasteiger partial charge in [0.15, 0.2) is 0 Å². The number of halogens is 1. The Morgan fingerprint density at radius 2 is 2.38 bits per heavy atom. The second-order valence-electron chi connectivity index (χ2n) is 3.05. The molecular weight excluding hydrogens is 213 g/mol. The van der Waals surface area contributed by atoms with Gasteiger partial charge in [-0.05, 0) is 12.1 Å². The van der Waals surface area contributed by atoms with Crippen LogP contribution < -0.4 is 0 Å². The van der Waals surface area contributed by atoms with Gasteiger partial charge in [-0.25, -0.2) is 9.18 Å². The maximum atomic E-state index is 12.8. The third-order valence-corrected chi connectivity index (χ3v) is 1.86. The first-order chi connectivity index (χ1) is 7.75. The highest BCUT2D eigenvalue weighted by atomic mass is 19.1. The van der Waals surface area contributed by atoms with Gasteiger partial charge in [0, 0.05) is 12.4 Å². The number of aromatic nitrogens is 3. The first-order valence-corrected chi connectivity index (χ1v) is 4.51. The molecule has 0 fully saturated rings. The Morgan fingerprint density at radius 1 is 1.50 bits per heavy atom. The van der Waals surface area contributed by atoms with E-state index in [9.17, 15) is 9.18 Å². The summed E-state index contributed by atoms with van der Waals surface area (Å²) in [7, 11) is 0. The minimum atomic E-state index is -0.624. The van der Waals surface area contributed by atoms with Crippen LogP contribution in [0.3, 0.4) is 0 Å². The summed E-state index contributed by atoms with van der Waals surface area (Å²) in [5, 5.41) is 6.34. The molecule has 0 aliphatic rings. The summed E-state index contributed by atoms with van der Waals surface area (Å²) in [6.45, 7) is 0.0648. The number of esters is 1. The molecule has 2 rings (SSSR count). The van der Waals surface area contributed by atoms with Crippen LogP contribution in [0.5, 0.6) is 0 Å². The van der Waals surface area contributed by atoms with Gasteiger partial charge < -0.3 is 4.74 Å². The summed E-state index contributed by atoms with van der Waals surface area (Å²) >= 11 is 0. The molecule has 0 bridgehead atoms.